The van der Waals surface area contributed by atoms with Crippen LogP contribution in [0.4, 0.5) is 0 Å². The molecule has 3 amide bonds. The summed E-state index contributed by atoms with van der Waals surface area (Å²) in [6.07, 6.45) is 32.5. The summed E-state index contributed by atoms with van der Waals surface area (Å²) < 4.78 is 15.4. The lowest BCUT2D eigenvalue weighted by Gasteiger charge is -2.70. The van der Waals surface area contributed by atoms with E-state index in [1.807, 2.05) is 70.3 Å². The van der Waals surface area contributed by atoms with E-state index in [0.29, 0.717) is 50.6 Å². The number of phenols is 2. The van der Waals surface area contributed by atoms with E-state index in [1.165, 1.54) is 73.1 Å². The minimum atomic E-state index is -0.562. The molecular weight excluding hydrogens is 1650 g/mol. The van der Waals surface area contributed by atoms with Gasteiger partial charge in [-0.3, -0.25) is 38.4 Å². The summed E-state index contributed by atoms with van der Waals surface area (Å²) in [6.45, 7) is 59.5. The van der Waals surface area contributed by atoms with Crippen LogP contribution in [0.5, 0.6) is 23.0 Å². The summed E-state index contributed by atoms with van der Waals surface area (Å²) in [5, 5.41) is 40.3. The molecule has 9 fully saturated rings. The third kappa shape index (κ3) is 17.4. The van der Waals surface area contributed by atoms with Gasteiger partial charge in [-0.1, -0.05) is 194 Å². The van der Waals surface area contributed by atoms with Gasteiger partial charge in [-0.05, 0) is 295 Å². The molecule has 2 aromatic carbocycles. The summed E-state index contributed by atoms with van der Waals surface area (Å²) in [5.41, 5.74) is 30.1. The monoisotopic (exact) mass is 1810 g/mol. The van der Waals surface area contributed by atoms with E-state index < -0.39 is 40.1 Å². The van der Waals surface area contributed by atoms with Gasteiger partial charge in [0.05, 0.1) is 0 Å². The number of thiol groups is 1. The molecule has 0 saturated heterocycles. The number of ketones is 1. The van der Waals surface area contributed by atoms with Crippen molar-refractivity contribution in [1.29, 1.82) is 0 Å². The number of hydrogen-bond donors (Lipinski definition) is 8. The average Bonchev–Trinajstić information content (AvgIpc) is 0.645. The van der Waals surface area contributed by atoms with Crippen molar-refractivity contribution >= 4 is 83.5 Å². The van der Waals surface area contributed by atoms with Gasteiger partial charge in [0.1, 0.15) is 0 Å². The van der Waals surface area contributed by atoms with Crippen LogP contribution in [-0.2, 0) is 53.9 Å². The molecule has 0 bridgehead atoms. The van der Waals surface area contributed by atoms with Crippen LogP contribution in [0.2, 0.25) is 0 Å². The molecule has 13 aliphatic rings. The van der Waals surface area contributed by atoms with Gasteiger partial charge in [-0.2, -0.15) is 12.6 Å². The Morgan fingerprint density at radius 1 is 0.457 bits per heavy atom. The van der Waals surface area contributed by atoms with Gasteiger partial charge in [0.2, 0.25) is 23.5 Å². The van der Waals surface area contributed by atoms with Crippen LogP contribution >= 0.6 is 36.2 Å². The number of allylic oxidation sites excluding steroid dienone is 9. The topological polar surface area (TPSA) is 323 Å². The number of phenolic OH excluding ortho intramolecular Hbond substituents is 2. The molecule has 10 N–H and O–H groups in total. The molecular formula is C106H159N3O15S3. The second kappa shape index (κ2) is 36.1. The van der Waals surface area contributed by atoms with Crippen molar-refractivity contribution in [2.75, 3.05) is 7.11 Å². The van der Waals surface area contributed by atoms with Gasteiger partial charge in [-0.25, -0.2) is 0 Å². The van der Waals surface area contributed by atoms with Crippen molar-refractivity contribution in [2.45, 2.75) is 373 Å². The number of benzene rings is 2. The van der Waals surface area contributed by atoms with Gasteiger partial charge >= 0.3 is 23.9 Å². The molecule has 18 nitrogen and oxygen atoms in total. The number of thioether (sulfide) groups is 2. The molecule has 13 aliphatic carbocycles. The minimum absolute atomic E-state index is 0. The fourth-order valence-electron chi connectivity index (χ4n) is 28.0. The third-order valence-corrected chi connectivity index (χ3v) is 38.8. The van der Waals surface area contributed by atoms with E-state index >= 15 is 0 Å². The average molecular weight is 1810 g/mol. The largest absolute Gasteiger partial charge is 0.504 e. The summed E-state index contributed by atoms with van der Waals surface area (Å²) in [5.74, 6) is -0.964. The fraction of sp³-hybridized carbons (Fsp3) is 0.698. The van der Waals surface area contributed by atoms with Crippen molar-refractivity contribution in [3.8, 4) is 23.0 Å². The highest BCUT2D eigenvalue weighted by atomic mass is 32.2. The second-order valence-electron chi connectivity index (χ2n) is 45.2. The fourth-order valence-corrected chi connectivity index (χ4v) is 30.5. The predicted octanol–water partition coefficient (Wildman–Crippen LogP) is 23.6. The lowest BCUT2D eigenvalue weighted by molar-refractivity contribution is -0.167. The lowest BCUT2D eigenvalue weighted by atomic mass is 9.34. The number of carbonyl (C=O) groups is 8. The Balaban J connectivity index is 0.000000201. The van der Waals surface area contributed by atoms with Crippen molar-refractivity contribution in [3.63, 3.8) is 0 Å². The molecule has 9 saturated carbocycles. The Morgan fingerprint density at radius 2 is 0.795 bits per heavy atom. The molecule has 2 unspecified atom stereocenters. The number of aliphatic hydroxyl groups excluding tert-OH is 2. The summed E-state index contributed by atoms with van der Waals surface area (Å²) in [7, 11) is 1.00. The van der Waals surface area contributed by atoms with E-state index in [4.69, 9.17) is 31.8 Å². The van der Waals surface area contributed by atoms with E-state index in [-0.39, 0.29) is 124 Å². The van der Waals surface area contributed by atoms with Crippen LogP contribution in [0.25, 0.3) is 0 Å². The van der Waals surface area contributed by atoms with Crippen LogP contribution in [0.15, 0.2) is 81.7 Å². The predicted molar refractivity (Wildman–Crippen MR) is 517 cm³/mol. The molecule has 0 heterocycles. The Kier molecular flexibility index (Phi) is 29.6. The lowest BCUT2D eigenvalue weighted by Crippen LogP contribution is -2.63. The number of rotatable bonds is 9. The number of aromatic hydroxyl groups is 2. The van der Waals surface area contributed by atoms with Gasteiger partial charge in [0.15, 0.2) is 28.8 Å². The highest BCUT2D eigenvalue weighted by Crippen LogP contribution is 2.80. The first-order valence-electron chi connectivity index (χ1n) is 46.6. The molecule has 15 rings (SSSR count). The van der Waals surface area contributed by atoms with E-state index in [2.05, 4.69) is 173 Å². The zero-order valence-electron chi connectivity index (χ0n) is 81.8. The summed E-state index contributed by atoms with van der Waals surface area (Å²) in [6, 6.07) is 3.86. The van der Waals surface area contributed by atoms with Gasteiger partial charge in [0, 0.05) is 88.9 Å². The number of carbonyl (C=O) groups excluding carboxylic acids is 8. The van der Waals surface area contributed by atoms with Gasteiger partial charge in [0.25, 0.3) is 0 Å². The highest BCUT2D eigenvalue weighted by Gasteiger charge is 2.72. The van der Waals surface area contributed by atoms with Crippen molar-refractivity contribution in [2.24, 2.45) is 105 Å². The molecule has 20 atom stereocenters. The molecule has 21 heteroatoms. The number of primary amides is 3. The number of ether oxygens (including phenoxy) is 3. The first-order chi connectivity index (χ1) is 57.9. The number of fused-ring (bicyclic) bond motifs is 21. The maximum absolute atomic E-state index is 12.7. The van der Waals surface area contributed by atoms with E-state index in [0.717, 1.165) is 158 Å². The van der Waals surface area contributed by atoms with Crippen LogP contribution in [0, 0.1) is 102 Å². The molecule has 706 valence electrons. The standard InChI is InChI=1S/C36H51NO5S.C32H47NO3S.C29H39NO3.C4H6O3.C3H8S.CH4O.CH4/c1-20(2)43-26-18-27-34(8,24-17-25(41-22(4)38)30(42-23(5)39)21(3)29(24)26)14-16-36(10)28-19-33(7,31(37)40)12-11-32(28,6)13-15-35(27,36)9;1-18(2)37-22-16-23-30(6,20-15-21(34)26(35)19(3)25(20)22)12-14-32(8)24-17-29(5,27(33)36)10-9-28(24,4)11-13-31(23,32)7;1-17-18-7-8-21-27(4,19(18)15-20(31)23(17)32)12-14-29(6)22-16-26(3,24(30)33)10-9-25(22,2)11-13-28(21,29)5;1-3(5)7-4(2)6;1-3(2)4;1-2;/h17-18,20,26,28H,11-16,19H2,1-10H3,(H2,37,40);15-16,18,22,24,34-35H,9-14,17H2,1-8H3,(H2,33,36);7-8,15,22,32H,9-14,16H2,1-6H3,(H2,30,33);1-2H3;3-4H,1-2H3;2H,1H3;1H4/t26?,28-,32-,33-,34+,35-,36+;22?,24-,28-,29-,30+,31-,32+;22-,25-,26-,27+,28-,29+;;;;/m111..../s1. The van der Waals surface area contributed by atoms with Crippen LogP contribution < -0.4 is 26.7 Å². The number of aliphatic hydroxyl groups is 2. The second-order valence-corrected chi connectivity index (χ2v) is 49.6. The maximum Gasteiger partial charge on any atom is 0.310 e. The Morgan fingerprint density at radius 3 is 1.13 bits per heavy atom. The number of hydrogen-bond acceptors (Lipinski definition) is 18. The number of esters is 4. The van der Waals surface area contributed by atoms with Crippen molar-refractivity contribution in [1.82, 2.24) is 0 Å². The van der Waals surface area contributed by atoms with Crippen LogP contribution in [-0.4, -0.2) is 90.7 Å². The first kappa shape index (κ1) is 104. The van der Waals surface area contributed by atoms with Gasteiger partial charge in [-0.15, -0.1) is 23.5 Å². The zero-order valence-corrected chi connectivity index (χ0v) is 84.3. The first-order valence-corrected chi connectivity index (χ1v) is 49.0. The van der Waals surface area contributed by atoms with E-state index in [9.17, 15) is 53.7 Å². The number of amides is 3. The Labute approximate surface area is 775 Å². The molecule has 0 radical (unpaired) electrons. The summed E-state index contributed by atoms with van der Waals surface area (Å²) in [4.78, 5) is 94.4. The smallest absolute Gasteiger partial charge is 0.310 e. The molecule has 0 spiro atoms. The minimum Gasteiger partial charge on any atom is -0.504 e. The van der Waals surface area contributed by atoms with Crippen molar-refractivity contribution < 1.29 is 73.0 Å². The SMILES string of the molecule is C.CC(=O)OC(C)=O.CC(=O)Oc1cc2c(c(C)c1OC(C)=O)C(SC(C)C)C=C1[C@@]2(C)CC[C@@]2(C)[C@@H]3C[C@](C)(C(N)=O)CC[C@]3(C)CC[C@]12C.CC(C)S.CC1=C(O)C(=O)C=C2C1=CC=C1[C@@]2(C)CC[C@@]2(C)[C@@H]3C[C@](C)(C(N)=O)CC[C@]3(C)CC[C@]12C.CO.Cc1c(O)c(O)cc2c1C(SC(C)C)C=C1[C@@]2(C)CC[C@@]2(C)[C@@H]3C[C@](C)(C(N)=O)CC[C@]3(C)CC[C@]12C. The summed E-state index contributed by atoms with van der Waals surface area (Å²) >= 11 is 7.81. The maximum atomic E-state index is 12.7. The van der Waals surface area contributed by atoms with E-state index in [1.54, 1.807) is 6.08 Å². The van der Waals surface area contributed by atoms with Crippen LogP contribution in [0.1, 0.15) is 366 Å². The van der Waals surface area contributed by atoms with Crippen LogP contribution in [0.3, 0.4) is 0 Å². The number of nitrogens with two attached hydrogens (primary N) is 3. The molecule has 127 heavy (non-hydrogen) atoms. The highest BCUT2D eigenvalue weighted by molar-refractivity contribution is 8.00. The Hall–Kier alpha value is -6.55. The Bertz CT molecular complexity index is 4920. The zero-order chi connectivity index (χ0) is 94.9. The van der Waals surface area contributed by atoms with Gasteiger partial charge < -0.3 is 51.8 Å². The normalized spacial score (nSPS) is 38.3. The third-order valence-electron chi connectivity index (χ3n) is 36.4. The van der Waals surface area contributed by atoms with Crippen molar-refractivity contribution in [3.05, 3.63) is 115 Å². The molecule has 0 aliphatic heterocycles. The molecule has 0 aromatic heterocycles. The molecule has 2 aromatic rings. The quantitative estimate of drug-likeness (QED) is 0.0289.